The van der Waals surface area contributed by atoms with E-state index in [2.05, 4.69) is 0 Å². The predicted octanol–water partition coefficient (Wildman–Crippen LogP) is 2.52. The minimum absolute atomic E-state index is 0.0384. The quantitative estimate of drug-likeness (QED) is 0.641. The summed E-state index contributed by atoms with van der Waals surface area (Å²) in [7, 11) is 0. The second-order valence-electron chi connectivity index (χ2n) is 4.43. The molecule has 2 unspecified atom stereocenters. The number of rotatable bonds is 0. The summed E-state index contributed by atoms with van der Waals surface area (Å²) in [5.74, 6) is 1.04. The molecule has 1 aliphatic carbocycles. The second-order valence-corrected chi connectivity index (χ2v) is 4.43. The lowest BCUT2D eigenvalue weighted by molar-refractivity contribution is 0.164. The minimum Gasteiger partial charge on any atom is -0.504 e. The van der Waals surface area contributed by atoms with Gasteiger partial charge in [-0.3, -0.25) is 0 Å². The summed E-state index contributed by atoms with van der Waals surface area (Å²) in [6.45, 7) is 0. The molecule has 1 aliphatic heterocycles. The van der Waals surface area contributed by atoms with Crippen LogP contribution in [0.5, 0.6) is 17.2 Å². The zero-order valence-electron chi connectivity index (χ0n) is 8.44. The van der Waals surface area contributed by atoms with E-state index in [1.165, 1.54) is 18.9 Å². The highest BCUT2D eigenvalue weighted by molar-refractivity contribution is 5.52. The van der Waals surface area contributed by atoms with Crippen molar-refractivity contribution in [3.8, 4) is 17.2 Å². The molecule has 0 saturated heterocycles. The van der Waals surface area contributed by atoms with Crippen molar-refractivity contribution in [2.75, 3.05) is 0 Å². The molecule has 3 nitrogen and oxygen atoms in total. The summed E-state index contributed by atoms with van der Waals surface area (Å²) in [5, 5.41) is 18.9. The molecule has 0 spiro atoms. The summed E-state index contributed by atoms with van der Waals surface area (Å²) in [6, 6.07) is 3.18. The van der Waals surface area contributed by atoms with E-state index in [4.69, 9.17) is 4.74 Å². The van der Waals surface area contributed by atoms with Gasteiger partial charge in [-0.15, -0.1) is 0 Å². The molecule has 1 aromatic carbocycles. The largest absolute Gasteiger partial charge is 0.504 e. The molecule has 3 rings (SSSR count). The van der Waals surface area contributed by atoms with E-state index in [-0.39, 0.29) is 17.6 Å². The maximum absolute atomic E-state index is 9.47. The van der Waals surface area contributed by atoms with E-state index in [1.807, 2.05) is 0 Å². The molecule has 1 aromatic rings. The van der Waals surface area contributed by atoms with Crippen LogP contribution < -0.4 is 4.74 Å². The van der Waals surface area contributed by atoms with Gasteiger partial charge in [-0.1, -0.05) is 6.42 Å². The van der Waals surface area contributed by atoms with Crippen LogP contribution in [0.15, 0.2) is 12.1 Å². The van der Waals surface area contributed by atoms with Gasteiger partial charge in [-0.2, -0.15) is 0 Å². The van der Waals surface area contributed by atoms with Crippen LogP contribution in [0.25, 0.3) is 0 Å². The van der Waals surface area contributed by atoms with Crippen LogP contribution in [0, 0.1) is 0 Å². The van der Waals surface area contributed by atoms with Crippen molar-refractivity contribution < 1.29 is 14.9 Å². The fourth-order valence-electron chi connectivity index (χ4n) is 2.72. The summed E-state index contributed by atoms with van der Waals surface area (Å²) in [4.78, 5) is 0. The van der Waals surface area contributed by atoms with Crippen molar-refractivity contribution in [3.63, 3.8) is 0 Å². The molecule has 0 radical (unpaired) electrons. The van der Waals surface area contributed by atoms with Gasteiger partial charge in [0.15, 0.2) is 11.5 Å². The first-order valence-corrected chi connectivity index (χ1v) is 5.48. The van der Waals surface area contributed by atoms with Crippen LogP contribution in [0.1, 0.15) is 37.2 Å². The second kappa shape index (κ2) is 3.05. The number of phenolic OH excluding ortho intramolecular Hbond substituents is 2. The van der Waals surface area contributed by atoms with Crippen LogP contribution in [0.4, 0.5) is 0 Å². The number of aromatic hydroxyl groups is 2. The molecular weight excluding hydrogens is 192 g/mol. The molecule has 3 heteroatoms. The SMILES string of the molecule is Oc1cc2c(cc1O)C1CCCCC1O2. The van der Waals surface area contributed by atoms with Crippen molar-refractivity contribution in [1.82, 2.24) is 0 Å². The Kier molecular flexibility index (Phi) is 1.81. The summed E-state index contributed by atoms with van der Waals surface area (Å²) in [5.41, 5.74) is 1.06. The van der Waals surface area contributed by atoms with Gasteiger partial charge in [0, 0.05) is 17.5 Å². The third-order valence-corrected chi connectivity index (χ3v) is 3.49. The average molecular weight is 206 g/mol. The third kappa shape index (κ3) is 1.26. The number of phenols is 2. The maximum Gasteiger partial charge on any atom is 0.161 e. The standard InChI is InChI=1S/C12H14O3/c13-9-5-8-7-3-1-2-4-11(7)15-12(8)6-10(9)14/h5-7,11,13-14H,1-4H2. The van der Waals surface area contributed by atoms with E-state index in [9.17, 15) is 10.2 Å². The van der Waals surface area contributed by atoms with Crippen molar-refractivity contribution in [1.29, 1.82) is 0 Å². The van der Waals surface area contributed by atoms with Crippen LogP contribution in [-0.2, 0) is 0 Å². The van der Waals surface area contributed by atoms with Crippen molar-refractivity contribution in [2.45, 2.75) is 37.7 Å². The van der Waals surface area contributed by atoms with E-state index >= 15 is 0 Å². The van der Waals surface area contributed by atoms with Crippen LogP contribution in [-0.4, -0.2) is 16.3 Å². The van der Waals surface area contributed by atoms with Gasteiger partial charge in [-0.25, -0.2) is 0 Å². The highest BCUT2D eigenvalue weighted by Gasteiger charge is 2.36. The van der Waals surface area contributed by atoms with Crippen LogP contribution in [0.3, 0.4) is 0 Å². The molecule has 15 heavy (non-hydrogen) atoms. The first-order chi connectivity index (χ1) is 7.25. The van der Waals surface area contributed by atoms with E-state index < -0.39 is 0 Å². The molecular formula is C12H14O3. The molecule has 80 valence electrons. The van der Waals surface area contributed by atoms with Crippen molar-refractivity contribution in [2.24, 2.45) is 0 Å². The van der Waals surface area contributed by atoms with E-state index in [0.29, 0.717) is 5.92 Å². The average Bonchev–Trinajstić information content (AvgIpc) is 2.57. The van der Waals surface area contributed by atoms with E-state index in [1.54, 1.807) is 6.07 Å². The Balaban J connectivity index is 2.04. The Morgan fingerprint density at radius 3 is 2.67 bits per heavy atom. The molecule has 2 atom stereocenters. The highest BCUT2D eigenvalue weighted by Crippen LogP contribution is 2.48. The molecule has 1 heterocycles. The Morgan fingerprint density at radius 1 is 1.07 bits per heavy atom. The summed E-state index contributed by atoms with van der Waals surface area (Å²) >= 11 is 0. The Hall–Kier alpha value is -1.38. The number of hydrogen-bond donors (Lipinski definition) is 2. The van der Waals surface area contributed by atoms with Crippen molar-refractivity contribution in [3.05, 3.63) is 17.7 Å². The van der Waals surface area contributed by atoms with Gasteiger partial charge >= 0.3 is 0 Å². The maximum atomic E-state index is 9.47. The fraction of sp³-hybridized carbons (Fsp3) is 0.500. The molecule has 1 fully saturated rings. The first kappa shape index (κ1) is 8.89. The zero-order chi connectivity index (χ0) is 10.4. The number of benzene rings is 1. The van der Waals surface area contributed by atoms with Gasteiger partial charge < -0.3 is 14.9 Å². The van der Waals surface area contributed by atoms with Gasteiger partial charge in [0.2, 0.25) is 0 Å². The molecule has 0 aromatic heterocycles. The zero-order valence-corrected chi connectivity index (χ0v) is 8.44. The fourth-order valence-corrected chi connectivity index (χ4v) is 2.72. The van der Waals surface area contributed by atoms with Crippen LogP contribution in [0.2, 0.25) is 0 Å². The molecule has 0 bridgehead atoms. The van der Waals surface area contributed by atoms with Gasteiger partial charge in [0.1, 0.15) is 11.9 Å². The first-order valence-electron chi connectivity index (χ1n) is 5.48. The summed E-state index contributed by atoms with van der Waals surface area (Å²) < 4.78 is 5.78. The smallest absolute Gasteiger partial charge is 0.161 e. The highest BCUT2D eigenvalue weighted by atomic mass is 16.5. The Labute approximate surface area is 88.3 Å². The lowest BCUT2D eigenvalue weighted by Gasteiger charge is -2.23. The molecule has 2 N–H and O–H groups in total. The molecule has 1 saturated carbocycles. The number of ether oxygens (including phenoxy) is 1. The lowest BCUT2D eigenvalue weighted by Crippen LogP contribution is -2.22. The van der Waals surface area contributed by atoms with Gasteiger partial charge in [0.25, 0.3) is 0 Å². The van der Waals surface area contributed by atoms with Crippen molar-refractivity contribution >= 4 is 0 Å². The third-order valence-electron chi connectivity index (χ3n) is 3.49. The Morgan fingerprint density at radius 2 is 1.80 bits per heavy atom. The lowest BCUT2D eigenvalue weighted by atomic mass is 9.83. The molecule has 0 amide bonds. The Bertz CT molecular complexity index is 400. The number of hydrogen-bond acceptors (Lipinski definition) is 3. The van der Waals surface area contributed by atoms with E-state index in [0.717, 1.165) is 24.2 Å². The monoisotopic (exact) mass is 206 g/mol. The predicted molar refractivity (Wildman–Crippen MR) is 55.4 cm³/mol. The normalized spacial score (nSPS) is 28.0. The van der Waals surface area contributed by atoms with Gasteiger partial charge in [-0.05, 0) is 25.3 Å². The van der Waals surface area contributed by atoms with Gasteiger partial charge in [0.05, 0.1) is 0 Å². The minimum atomic E-state index is -0.0904. The number of fused-ring (bicyclic) bond motifs is 3. The van der Waals surface area contributed by atoms with Crippen LogP contribution >= 0.6 is 0 Å². The topological polar surface area (TPSA) is 49.7 Å². The summed E-state index contributed by atoms with van der Waals surface area (Å²) in [6.07, 6.45) is 4.91. The molecule has 2 aliphatic rings.